The Kier molecular flexibility index (Phi) is 6.04. The Morgan fingerprint density at radius 1 is 1.46 bits per heavy atom. The molecule has 0 radical (unpaired) electrons. The predicted molar refractivity (Wildman–Crippen MR) is 58.3 cm³/mol. The highest BCUT2D eigenvalue weighted by Gasteiger charge is 2.36. The molecule has 0 unspecified atom stereocenters. The van der Waals surface area contributed by atoms with Crippen LogP contribution in [0.25, 0.3) is 0 Å². The van der Waals surface area contributed by atoms with Gasteiger partial charge in [0.15, 0.2) is 0 Å². The van der Waals surface area contributed by atoms with E-state index >= 15 is 0 Å². The van der Waals surface area contributed by atoms with Crippen LogP contribution < -0.4 is 0 Å². The smallest absolute Gasteiger partial charge is 0.379 e. The van der Waals surface area contributed by atoms with Crippen molar-refractivity contribution in [2.75, 3.05) is 6.61 Å². The molecule has 13 heavy (non-hydrogen) atoms. The van der Waals surface area contributed by atoms with Crippen LogP contribution in [-0.2, 0) is 9.53 Å². The van der Waals surface area contributed by atoms with Crippen molar-refractivity contribution >= 4 is 45.2 Å². The monoisotopic (exact) mass is 260 g/mol. The predicted octanol–water partition coefficient (Wildman–Crippen LogP) is 3.08. The number of carbonyl (C=O) groups is 1. The summed E-state index contributed by atoms with van der Waals surface area (Å²) >= 11 is 17.0. The zero-order valence-electron chi connectivity index (χ0n) is 7.44. The van der Waals surface area contributed by atoms with Crippen molar-refractivity contribution in [1.29, 1.82) is 0 Å². The quantitative estimate of drug-likeness (QED) is 0.336. The highest BCUT2D eigenvalue weighted by atomic mass is 35.8. The molecule has 0 bridgehead atoms. The maximum Gasteiger partial charge on any atom is 0.379 e. The third-order valence-corrected chi connectivity index (χ3v) is 4.19. The lowest BCUT2D eigenvalue weighted by atomic mass is 10.5. The van der Waals surface area contributed by atoms with Gasteiger partial charge in [0.25, 0.3) is 0 Å². The van der Waals surface area contributed by atoms with E-state index in [-0.39, 0.29) is 5.20 Å². The minimum Gasteiger partial charge on any atom is -0.463 e. The molecule has 0 aromatic rings. The third kappa shape index (κ3) is 4.91. The first-order chi connectivity index (χ1) is 5.93. The van der Waals surface area contributed by atoms with Gasteiger partial charge in [-0.3, -0.25) is 0 Å². The molecule has 0 spiro atoms. The zero-order chi connectivity index (χ0) is 10.5. The normalized spacial score (nSPS) is 12.8. The van der Waals surface area contributed by atoms with Gasteiger partial charge in [-0.05, 0) is 13.3 Å². The molecule has 0 fully saturated rings. The van der Waals surface area contributed by atoms with E-state index in [9.17, 15) is 4.79 Å². The molecule has 0 atom stereocenters. The fourth-order valence-electron chi connectivity index (χ4n) is 0.670. The fraction of sp³-hybridized carbons (Fsp3) is 0.571. The molecule has 0 aromatic carbocycles. The number of esters is 1. The van der Waals surface area contributed by atoms with Crippen LogP contribution in [-0.4, -0.2) is 18.6 Å². The van der Waals surface area contributed by atoms with Gasteiger partial charge in [0.1, 0.15) is 0 Å². The van der Waals surface area contributed by atoms with Crippen molar-refractivity contribution < 1.29 is 9.53 Å². The molecule has 0 amide bonds. The number of allylic oxidation sites excluding steroid dienone is 1. The Hall–Kier alpha value is 0.297. The first kappa shape index (κ1) is 13.3. The SMILES string of the molecule is CC=C(C(=O)OCCC)[Si](Cl)(Cl)Cl. The lowest BCUT2D eigenvalue weighted by molar-refractivity contribution is -0.138. The molecule has 0 rings (SSSR count). The molecule has 0 aliphatic heterocycles. The van der Waals surface area contributed by atoms with Crippen LogP contribution in [0, 0.1) is 0 Å². The molecule has 0 heterocycles. The summed E-state index contributed by atoms with van der Waals surface area (Å²) < 4.78 is 4.84. The van der Waals surface area contributed by atoms with E-state index in [1.165, 1.54) is 6.08 Å². The summed E-state index contributed by atoms with van der Waals surface area (Å²) in [4.78, 5) is 11.3. The average molecular weight is 262 g/mol. The van der Waals surface area contributed by atoms with Crippen LogP contribution in [0.4, 0.5) is 0 Å². The summed E-state index contributed by atoms with van der Waals surface area (Å²) in [6, 6.07) is -3.10. The second-order valence-corrected chi connectivity index (χ2v) is 10.7. The van der Waals surface area contributed by atoms with E-state index in [0.29, 0.717) is 6.61 Å². The maximum atomic E-state index is 11.3. The molecule has 0 saturated heterocycles. The first-order valence-electron chi connectivity index (χ1n) is 3.84. The van der Waals surface area contributed by atoms with E-state index in [1.807, 2.05) is 6.92 Å². The van der Waals surface area contributed by atoms with Crippen molar-refractivity contribution in [3.8, 4) is 0 Å². The molecule has 0 saturated carbocycles. The van der Waals surface area contributed by atoms with Gasteiger partial charge in [-0.2, -0.15) is 0 Å². The van der Waals surface area contributed by atoms with Crippen LogP contribution in [0.2, 0.25) is 0 Å². The third-order valence-electron chi connectivity index (χ3n) is 1.25. The summed E-state index contributed by atoms with van der Waals surface area (Å²) in [5, 5.41) is 0.186. The van der Waals surface area contributed by atoms with Gasteiger partial charge in [0, 0.05) is 0 Å². The molecule has 0 aliphatic carbocycles. The Bertz CT molecular complexity index is 210. The van der Waals surface area contributed by atoms with Crippen molar-refractivity contribution in [1.82, 2.24) is 0 Å². The second kappa shape index (κ2) is 5.91. The van der Waals surface area contributed by atoms with Crippen LogP contribution in [0.3, 0.4) is 0 Å². The van der Waals surface area contributed by atoms with Gasteiger partial charge < -0.3 is 4.74 Å². The fourth-order valence-corrected chi connectivity index (χ4v) is 2.98. The van der Waals surface area contributed by atoms with Crippen molar-refractivity contribution in [3.05, 3.63) is 11.3 Å². The summed E-state index contributed by atoms with van der Waals surface area (Å²) in [7, 11) is 0. The number of rotatable bonds is 4. The van der Waals surface area contributed by atoms with Gasteiger partial charge in [0.05, 0.1) is 11.8 Å². The topological polar surface area (TPSA) is 26.3 Å². The first-order valence-corrected chi connectivity index (χ1v) is 8.87. The Morgan fingerprint density at radius 3 is 2.31 bits per heavy atom. The molecular formula is C7H11Cl3O2Si. The highest BCUT2D eigenvalue weighted by Crippen LogP contribution is 2.29. The molecule has 0 N–H and O–H groups in total. The largest absolute Gasteiger partial charge is 0.463 e. The van der Waals surface area contributed by atoms with Gasteiger partial charge in [-0.15, -0.1) is 33.2 Å². The Labute approximate surface area is 92.9 Å². The van der Waals surface area contributed by atoms with Crippen molar-refractivity contribution in [3.63, 3.8) is 0 Å². The molecular weight excluding hydrogens is 251 g/mol. The molecule has 0 aliphatic rings. The standard InChI is InChI=1S/C7H11Cl3O2Si/c1-3-5-12-7(11)6(4-2)13(8,9)10/h4H,3,5H2,1-2H3. The highest BCUT2D eigenvalue weighted by molar-refractivity contribution is 7.68. The van der Waals surface area contributed by atoms with E-state index in [2.05, 4.69) is 0 Å². The Morgan fingerprint density at radius 2 is 2.00 bits per heavy atom. The van der Waals surface area contributed by atoms with Crippen LogP contribution >= 0.6 is 33.2 Å². The minimum atomic E-state index is -3.10. The number of halogens is 3. The number of hydrogen-bond donors (Lipinski definition) is 0. The number of carbonyl (C=O) groups excluding carboxylic acids is 1. The van der Waals surface area contributed by atoms with Crippen LogP contribution in [0.5, 0.6) is 0 Å². The summed E-state index contributed by atoms with van der Waals surface area (Å²) in [5.41, 5.74) is 0. The Balaban J connectivity index is 4.36. The summed E-state index contributed by atoms with van der Waals surface area (Å²) in [6.07, 6.45) is 2.25. The molecule has 76 valence electrons. The molecule has 2 nitrogen and oxygen atoms in total. The molecule has 6 heteroatoms. The van der Waals surface area contributed by atoms with Gasteiger partial charge in [0.2, 0.25) is 0 Å². The summed E-state index contributed by atoms with van der Waals surface area (Å²) in [6.45, 7) is 3.90. The maximum absolute atomic E-state index is 11.3. The van der Waals surface area contributed by atoms with Gasteiger partial charge in [-0.25, -0.2) is 4.79 Å². The van der Waals surface area contributed by atoms with Crippen molar-refractivity contribution in [2.45, 2.75) is 20.3 Å². The lowest BCUT2D eigenvalue weighted by Crippen LogP contribution is -2.24. The minimum absolute atomic E-state index is 0.186. The second-order valence-electron chi connectivity index (χ2n) is 2.34. The van der Waals surface area contributed by atoms with Crippen LogP contribution in [0.15, 0.2) is 11.3 Å². The summed E-state index contributed by atoms with van der Waals surface area (Å²) in [5.74, 6) is -0.518. The van der Waals surface area contributed by atoms with Gasteiger partial charge in [-0.1, -0.05) is 13.0 Å². The van der Waals surface area contributed by atoms with Crippen LogP contribution in [0.1, 0.15) is 20.3 Å². The average Bonchev–Trinajstić information content (AvgIpc) is 1.99. The van der Waals surface area contributed by atoms with Crippen molar-refractivity contribution in [2.24, 2.45) is 0 Å². The van der Waals surface area contributed by atoms with E-state index in [0.717, 1.165) is 6.42 Å². The van der Waals surface area contributed by atoms with E-state index in [1.54, 1.807) is 6.92 Å². The lowest BCUT2D eigenvalue weighted by Gasteiger charge is -2.11. The van der Waals surface area contributed by atoms with E-state index in [4.69, 9.17) is 38.0 Å². The number of hydrogen-bond acceptors (Lipinski definition) is 2. The van der Waals surface area contributed by atoms with Gasteiger partial charge >= 0.3 is 12.0 Å². The number of ether oxygens (including phenoxy) is 1. The zero-order valence-corrected chi connectivity index (χ0v) is 10.7. The molecule has 0 aromatic heterocycles. The van der Waals surface area contributed by atoms with E-state index < -0.39 is 12.0 Å².